The van der Waals surface area contributed by atoms with E-state index < -0.39 is 23.2 Å². The molecular formula is C15H11F2N3O2. The number of H-pyrrole nitrogens is 1. The third-order valence-corrected chi connectivity index (χ3v) is 3.22. The molecule has 0 saturated heterocycles. The molecule has 0 saturated carbocycles. The summed E-state index contributed by atoms with van der Waals surface area (Å²) in [6.07, 6.45) is 0. The molecule has 0 aliphatic heterocycles. The van der Waals surface area contributed by atoms with E-state index in [1.807, 2.05) is 0 Å². The third kappa shape index (κ3) is 2.65. The van der Waals surface area contributed by atoms with E-state index in [1.54, 1.807) is 18.2 Å². The van der Waals surface area contributed by atoms with Crippen LogP contribution in [0, 0.1) is 18.6 Å². The van der Waals surface area contributed by atoms with E-state index in [2.05, 4.69) is 15.4 Å². The van der Waals surface area contributed by atoms with E-state index >= 15 is 0 Å². The monoisotopic (exact) mass is 303 g/mol. The van der Waals surface area contributed by atoms with E-state index in [4.69, 9.17) is 4.74 Å². The first-order valence-electron chi connectivity index (χ1n) is 6.47. The lowest BCUT2D eigenvalue weighted by molar-refractivity contribution is 0.0467. The van der Waals surface area contributed by atoms with E-state index in [9.17, 15) is 13.6 Å². The molecule has 0 atom stereocenters. The molecule has 0 unspecified atom stereocenters. The Morgan fingerprint density at radius 1 is 1.14 bits per heavy atom. The van der Waals surface area contributed by atoms with Crippen molar-refractivity contribution in [3.05, 3.63) is 58.7 Å². The average Bonchev–Trinajstić information content (AvgIpc) is 2.96. The minimum atomic E-state index is -0.920. The van der Waals surface area contributed by atoms with Crippen molar-refractivity contribution in [1.82, 2.24) is 15.4 Å². The van der Waals surface area contributed by atoms with Gasteiger partial charge in [-0.1, -0.05) is 6.07 Å². The van der Waals surface area contributed by atoms with Gasteiger partial charge in [-0.3, -0.25) is 0 Å². The van der Waals surface area contributed by atoms with Gasteiger partial charge in [0.25, 0.3) is 0 Å². The van der Waals surface area contributed by atoms with Gasteiger partial charge < -0.3 is 4.74 Å². The van der Waals surface area contributed by atoms with Crippen molar-refractivity contribution in [2.45, 2.75) is 13.5 Å². The van der Waals surface area contributed by atoms with Crippen LogP contribution in [0.25, 0.3) is 11.0 Å². The van der Waals surface area contributed by atoms with Gasteiger partial charge in [0.1, 0.15) is 29.3 Å². The molecule has 0 amide bonds. The van der Waals surface area contributed by atoms with Gasteiger partial charge in [-0.05, 0) is 42.3 Å². The lowest BCUT2D eigenvalue weighted by Gasteiger charge is -2.07. The number of ether oxygens (including phenoxy) is 1. The Balaban J connectivity index is 1.75. The molecule has 3 rings (SSSR count). The number of carbonyl (C=O) groups excluding carboxylic acids is 1. The summed E-state index contributed by atoms with van der Waals surface area (Å²) in [6.45, 7) is 1.34. The number of fused-ring (bicyclic) bond motifs is 1. The van der Waals surface area contributed by atoms with Gasteiger partial charge in [0, 0.05) is 0 Å². The first-order valence-corrected chi connectivity index (χ1v) is 6.47. The maximum atomic E-state index is 13.7. The summed E-state index contributed by atoms with van der Waals surface area (Å²) in [6, 6.07) is 6.93. The van der Waals surface area contributed by atoms with Crippen LogP contribution < -0.4 is 0 Å². The molecule has 1 heterocycles. The number of benzene rings is 2. The predicted octanol–water partition coefficient (Wildman–Crippen LogP) is 2.90. The third-order valence-electron chi connectivity index (χ3n) is 3.22. The molecular weight excluding hydrogens is 292 g/mol. The quantitative estimate of drug-likeness (QED) is 0.755. The fourth-order valence-corrected chi connectivity index (χ4v) is 2.00. The summed E-state index contributed by atoms with van der Waals surface area (Å²) in [7, 11) is 0. The number of carbonyl (C=O) groups is 1. The molecule has 0 aliphatic carbocycles. The van der Waals surface area contributed by atoms with E-state index in [1.165, 1.54) is 6.92 Å². The van der Waals surface area contributed by atoms with E-state index in [0.717, 1.165) is 12.1 Å². The minimum Gasteiger partial charge on any atom is -0.457 e. The number of aromatic nitrogens is 3. The van der Waals surface area contributed by atoms with Crippen molar-refractivity contribution in [3.63, 3.8) is 0 Å². The number of nitrogens with zero attached hydrogens (tertiary/aromatic N) is 2. The van der Waals surface area contributed by atoms with Crippen LogP contribution >= 0.6 is 0 Å². The van der Waals surface area contributed by atoms with Crippen LogP contribution in [0.2, 0.25) is 0 Å². The molecule has 5 nitrogen and oxygen atoms in total. The highest BCUT2D eigenvalue weighted by Gasteiger charge is 2.16. The van der Waals surface area contributed by atoms with Crippen LogP contribution in [0.5, 0.6) is 0 Å². The number of aromatic amines is 1. The molecule has 0 fully saturated rings. The summed E-state index contributed by atoms with van der Waals surface area (Å²) in [4.78, 5) is 11.9. The first-order chi connectivity index (χ1) is 10.5. The Hall–Kier alpha value is -2.83. The number of aryl methyl sites for hydroxylation is 1. The fraction of sp³-hybridized carbons (Fsp3) is 0.133. The zero-order valence-electron chi connectivity index (χ0n) is 11.6. The Morgan fingerprint density at radius 2 is 1.91 bits per heavy atom. The Labute approximate surface area is 123 Å². The van der Waals surface area contributed by atoms with E-state index in [0.29, 0.717) is 16.6 Å². The van der Waals surface area contributed by atoms with Crippen LogP contribution in [0.15, 0.2) is 30.3 Å². The largest absolute Gasteiger partial charge is 0.457 e. The van der Waals surface area contributed by atoms with Gasteiger partial charge in [0.05, 0.1) is 5.56 Å². The highest BCUT2D eigenvalue weighted by Crippen LogP contribution is 2.17. The Morgan fingerprint density at radius 3 is 2.73 bits per heavy atom. The molecule has 112 valence electrons. The summed E-state index contributed by atoms with van der Waals surface area (Å²) in [5.74, 6) is -2.38. The van der Waals surface area contributed by atoms with Gasteiger partial charge in [0.2, 0.25) is 0 Å². The fourth-order valence-electron chi connectivity index (χ4n) is 2.00. The minimum absolute atomic E-state index is 0.0728. The first kappa shape index (κ1) is 14.1. The highest BCUT2D eigenvalue weighted by atomic mass is 19.1. The average molecular weight is 303 g/mol. The maximum Gasteiger partial charge on any atom is 0.341 e. The number of hydrogen-bond donors (Lipinski definition) is 1. The molecule has 1 aromatic heterocycles. The number of hydrogen-bond acceptors (Lipinski definition) is 4. The molecule has 22 heavy (non-hydrogen) atoms. The van der Waals surface area contributed by atoms with Crippen molar-refractivity contribution in [3.8, 4) is 0 Å². The summed E-state index contributed by atoms with van der Waals surface area (Å²) in [5.41, 5.74) is 1.68. The number of esters is 1. The summed E-state index contributed by atoms with van der Waals surface area (Å²) < 4.78 is 32.1. The van der Waals surface area contributed by atoms with Crippen LogP contribution in [0.1, 0.15) is 21.5 Å². The Kier molecular flexibility index (Phi) is 3.54. The SMILES string of the molecule is Cc1cc(F)c(C(=O)OCc2ccc3n[nH]nc3c2)cc1F. The molecule has 0 spiro atoms. The van der Waals surface area contributed by atoms with Gasteiger partial charge in [0.15, 0.2) is 0 Å². The van der Waals surface area contributed by atoms with Gasteiger partial charge in [-0.15, -0.1) is 0 Å². The van der Waals surface area contributed by atoms with Crippen molar-refractivity contribution < 1.29 is 18.3 Å². The summed E-state index contributed by atoms with van der Waals surface area (Å²) >= 11 is 0. The second-order valence-corrected chi connectivity index (χ2v) is 4.80. The maximum absolute atomic E-state index is 13.7. The van der Waals surface area contributed by atoms with Gasteiger partial charge in [-0.2, -0.15) is 15.4 Å². The van der Waals surface area contributed by atoms with Crippen molar-refractivity contribution in [2.75, 3.05) is 0 Å². The zero-order valence-corrected chi connectivity index (χ0v) is 11.6. The molecule has 0 aliphatic rings. The molecule has 2 aromatic carbocycles. The van der Waals surface area contributed by atoms with Crippen molar-refractivity contribution in [1.29, 1.82) is 0 Å². The van der Waals surface area contributed by atoms with Crippen molar-refractivity contribution >= 4 is 17.0 Å². The highest BCUT2D eigenvalue weighted by molar-refractivity contribution is 5.89. The van der Waals surface area contributed by atoms with E-state index in [-0.39, 0.29) is 12.2 Å². The normalized spacial score (nSPS) is 10.9. The number of rotatable bonds is 3. The second kappa shape index (κ2) is 5.51. The summed E-state index contributed by atoms with van der Waals surface area (Å²) in [5, 5.41) is 10.3. The molecule has 7 heteroatoms. The van der Waals surface area contributed by atoms with Crippen LogP contribution in [0.3, 0.4) is 0 Å². The predicted molar refractivity (Wildman–Crippen MR) is 74.1 cm³/mol. The van der Waals surface area contributed by atoms with Crippen LogP contribution in [-0.2, 0) is 11.3 Å². The smallest absolute Gasteiger partial charge is 0.341 e. The number of halogens is 2. The van der Waals surface area contributed by atoms with Gasteiger partial charge in [-0.25, -0.2) is 13.6 Å². The van der Waals surface area contributed by atoms with Gasteiger partial charge >= 0.3 is 5.97 Å². The molecule has 1 N–H and O–H groups in total. The number of nitrogens with one attached hydrogen (secondary N) is 1. The Bertz CT molecular complexity index is 861. The molecule has 0 radical (unpaired) electrons. The van der Waals surface area contributed by atoms with Crippen LogP contribution in [-0.4, -0.2) is 21.4 Å². The lowest BCUT2D eigenvalue weighted by atomic mass is 10.1. The van der Waals surface area contributed by atoms with Crippen LogP contribution in [0.4, 0.5) is 8.78 Å². The lowest BCUT2D eigenvalue weighted by Crippen LogP contribution is -2.09. The van der Waals surface area contributed by atoms with Crippen molar-refractivity contribution in [2.24, 2.45) is 0 Å². The topological polar surface area (TPSA) is 67.9 Å². The second-order valence-electron chi connectivity index (χ2n) is 4.80. The molecule has 0 bridgehead atoms. The molecule has 3 aromatic rings. The standard InChI is InChI=1S/C15H11F2N3O2/c1-8-4-12(17)10(6-11(8)16)15(21)22-7-9-2-3-13-14(5-9)19-20-18-13/h2-6H,7H2,1H3,(H,18,19,20). The zero-order chi connectivity index (χ0) is 15.7.